The minimum Gasteiger partial charge on any atom is -0.385 e. The first-order valence-corrected chi connectivity index (χ1v) is 6.49. The lowest BCUT2D eigenvalue weighted by molar-refractivity contribution is -0.115. The predicted octanol–water partition coefficient (Wildman–Crippen LogP) is 0.611. The number of rotatable bonds is 8. The van der Waals surface area contributed by atoms with Gasteiger partial charge in [-0.3, -0.25) is 9.59 Å². The number of nitrogens with one attached hydrogen (secondary N) is 3. The molecule has 0 aliphatic rings. The quantitative estimate of drug-likeness (QED) is 0.609. The fourth-order valence-electron chi connectivity index (χ4n) is 1.63. The Morgan fingerprint density at radius 3 is 2.80 bits per heavy atom. The topological polar surface area (TPSA) is 79.5 Å². The van der Waals surface area contributed by atoms with Crippen molar-refractivity contribution >= 4 is 17.5 Å². The molecule has 3 N–H and O–H groups in total. The number of amides is 2. The van der Waals surface area contributed by atoms with Crippen LogP contribution in [0.2, 0.25) is 0 Å². The molecular weight excluding hydrogens is 258 g/mol. The Balaban J connectivity index is 2.40. The van der Waals surface area contributed by atoms with Gasteiger partial charge in [0.25, 0.3) is 5.91 Å². The van der Waals surface area contributed by atoms with Crippen molar-refractivity contribution < 1.29 is 14.3 Å². The van der Waals surface area contributed by atoms with E-state index < -0.39 is 0 Å². The highest BCUT2D eigenvalue weighted by Gasteiger charge is 2.06. The van der Waals surface area contributed by atoms with Crippen LogP contribution in [0.15, 0.2) is 24.3 Å². The van der Waals surface area contributed by atoms with Gasteiger partial charge in [0, 0.05) is 32.0 Å². The van der Waals surface area contributed by atoms with Gasteiger partial charge < -0.3 is 20.7 Å². The van der Waals surface area contributed by atoms with Crippen molar-refractivity contribution in [2.75, 3.05) is 39.2 Å². The largest absolute Gasteiger partial charge is 0.385 e. The Labute approximate surface area is 118 Å². The Kier molecular flexibility index (Phi) is 7.31. The summed E-state index contributed by atoms with van der Waals surface area (Å²) < 4.78 is 4.91. The molecule has 0 saturated heterocycles. The molecule has 2 amide bonds. The van der Waals surface area contributed by atoms with Crippen molar-refractivity contribution in [1.82, 2.24) is 10.6 Å². The van der Waals surface area contributed by atoms with Gasteiger partial charge >= 0.3 is 0 Å². The number of benzene rings is 1. The molecule has 0 aliphatic heterocycles. The van der Waals surface area contributed by atoms with Gasteiger partial charge in [0.05, 0.1) is 6.54 Å². The molecule has 20 heavy (non-hydrogen) atoms. The first kappa shape index (κ1) is 16.1. The van der Waals surface area contributed by atoms with E-state index in [1.807, 2.05) is 0 Å². The standard InChI is InChI=1S/C14H21N3O3/c1-15-14(19)11-5-3-6-12(9-11)17-13(18)10-16-7-4-8-20-2/h3,5-6,9,16H,4,7-8,10H2,1-2H3,(H,15,19)(H,17,18). The Morgan fingerprint density at radius 1 is 1.30 bits per heavy atom. The maximum atomic E-state index is 11.7. The maximum Gasteiger partial charge on any atom is 0.251 e. The summed E-state index contributed by atoms with van der Waals surface area (Å²) in [6.45, 7) is 1.62. The zero-order valence-electron chi connectivity index (χ0n) is 11.9. The second-order valence-corrected chi connectivity index (χ2v) is 4.23. The molecule has 0 atom stereocenters. The molecule has 1 aromatic rings. The van der Waals surface area contributed by atoms with Gasteiger partial charge in [0.15, 0.2) is 0 Å². The molecule has 1 aromatic carbocycles. The van der Waals surface area contributed by atoms with E-state index in [1.54, 1.807) is 38.4 Å². The smallest absolute Gasteiger partial charge is 0.251 e. The van der Waals surface area contributed by atoms with E-state index in [-0.39, 0.29) is 18.4 Å². The third-order valence-corrected chi connectivity index (χ3v) is 2.62. The highest BCUT2D eigenvalue weighted by Crippen LogP contribution is 2.10. The van der Waals surface area contributed by atoms with Crippen molar-refractivity contribution in [3.8, 4) is 0 Å². The van der Waals surface area contributed by atoms with Crippen molar-refractivity contribution in [3.05, 3.63) is 29.8 Å². The molecule has 0 saturated carbocycles. The van der Waals surface area contributed by atoms with Crippen molar-refractivity contribution in [1.29, 1.82) is 0 Å². The number of hydrogen-bond acceptors (Lipinski definition) is 4. The van der Waals surface area contributed by atoms with Crippen LogP contribution < -0.4 is 16.0 Å². The summed E-state index contributed by atoms with van der Waals surface area (Å²) in [5.41, 5.74) is 1.12. The average Bonchev–Trinajstić information content (AvgIpc) is 2.46. The first-order valence-electron chi connectivity index (χ1n) is 6.49. The third kappa shape index (κ3) is 5.81. The second-order valence-electron chi connectivity index (χ2n) is 4.23. The Morgan fingerprint density at radius 2 is 2.10 bits per heavy atom. The van der Waals surface area contributed by atoms with E-state index in [2.05, 4.69) is 16.0 Å². The van der Waals surface area contributed by atoms with Gasteiger partial charge in [-0.1, -0.05) is 6.07 Å². The SMILES string of the molecule is CNC(=O)c1cccc(NC(=O)CNCCCOC)c1. The monoisotopic (exact) mass is 279 g/mol. The molecule has 0 aliphatic carbocycles. The van der Waals surface area contributed by atoms with Gasteiger partial charge in [-0.15, -0.1) is 0 Å². The van der Waals surface area contributed by atoms with Gasteiger partial charge in [-0.05, 0) is 31.2 Å². The highest BCUT2D eigenvalue weighted by atomic mass is 16.5. The first-order chi connectivity index (χ1) is 9.67. The van der Waals surface area contributed by atoms with E-state index in [9.17, 15) is 9.59 Å². The van der Waals surface area contributed by atoms with Crippen LogP contribution in [0.4, 0.5) is 5.69 Å². The van der Waals surface area contributed by atoms with Crippen molar-refractivity contribution in [2.45, 2.75) is 6.42 Å². The summed E-state index contributed by atoms with van der Waals surface area (Å²) in [5.74, 6) is -0.324. The Bertz CT molecular complexity index is 449. The molecule has 0 heterocycles. The van der Waals surface area contributed by atoms with Crippen LogP contribution in [0.5, 0.6) is 0 Å². The average molecular weight is 279 g/mol. The maximum absolute atomic E-state index is 11.7. The van der Waals surface area contributed by atoms with E-state index in [1.165, 1.54) is 0 Å². The number of ether oxygens (including phenoxy) is 1. The molecule has 0 radical (unpaired) electrons. The van der Waals surface area contributed by atoms with Gasteiger partial charge in [-0.2, -0.15) is 0 Å². The molecule has 0 spiro atoms. The number of methoxy groups -OCH3 is 1. The molecule has 110 valence electrons. The number of hydrogen-bond donors (Lipinski definition) is 3. The lowest BCUT2D eigenvalue weighted by Gasteiger charge is -2.08. The van der Waals surface area contributed by atoms with Crippen LogP contribution in [-0.4, -0.2) is 45.7 Å². The second kappa shape index (κ2) is 9.06. The molecule has 6 heteroatoms. The summed E-state index contributed by atoms with van der Waals surface area (Å²) in [7, 11) is 3.21. The number of carbonyl (C=O) groups is 2. The van der Waals surface area contributed by atoms with Gasteiger partial charge in [0.1, 0.15) is 0 Å². The molecule has 0 aromatic heterocycles. The molecular formula is C14H21N3O3. The van der Waals surface area contributed by atoms with E-state index in [0.717, 1.165) is 13.0 Å². The Hall–Kier alpha value is -1.92. The minimum absolute atomic E-state index is 0.142. The van der Waals surface area contributed by atoms with Crippen LogP contribution >= 0.6 is 0 Å². The number of carbonyl (C=O) groups excluding carboxylic acids is 2. The zero-order valence-corrected chi connectivity index (χ0v) is 11.9. The lowest BCUT2D eigenvalue weighted by Crippen LogP contribution is -2.29. The van der Waals surface area contributed by atoms with Gasteiger partial charge in [0.2, 0.25) is 5.91 Å². The summed E-state index contributed by atoms with van der Waals surface area (Å²) in [6, 6.07) is 6.81. The van der Waals surface area contributed by atoms with Crippen LogP contribution in [0, 0.1) is 0 Å². The summed E-state index contributed by atoms with van der Waals surface area (Å²) in [4.78, 5) is 23.2. The molecule has 0 unspecified atom stereocenters. The van der Waals surface area contributed by atoms with Gasteiger partial charge in [-0.25, -0.2) is 0 Å². The molecule has 6 nitrogen and oxygen atoms in total. The molecule has 0 bridgehead atoms. The zero-order chi connectivity index (χ0) is 14.8. The fraction of sp³-hybridized carbons (Fsp3) is 0.429. The summed E-state index contributed by atoms with van der Waals surface area (Å²) in [6.07, 6.45) is 0.857. The van der Waals surface area contributed by atoms with E-state index in [4.69, 9.17) is 4.74 Å². The van der Waals surface area contributed by atoms with E-state index in [0.29, 0.717) is 17.9 Å². The summed E-state index contributed by atoms with van der Waals surface area (Å²) in [5, 5.41) is 8.30. The third-order valence-electron chi connectivity index (χ3n) is 2.62. The molecule has 1 rings (SSSR count). The lowest BCUT2D eigenvalue weighted by atomic mass is 10.2. The van der Waals surface area contributed by atoms with Crippen molar-refractivity contribution in [2.24, 2.45) is 0 Å². The van der Waals surface area contributed by atoms with Crippen molar-refractivity contribution in [3.63, 3.8) is 0 Å². The van der Waals surface area contributed by atoms with Crippen LogP contribution in [0.3, 0.4) is 0 Å². The minimum atomic E-state index is -0.182. The fourth-order valence-corrected chi connectivity index (χ4v) is 1.63. The highest BCUT2D eigenvalue weighted by molar-refractivity contribution is 5.97. The molecule has 0 fully saturated rings. The summed E-state index contributed by atoms with van der Waals surface area (Å²) >= 11 is 0. The predicted molar refractivity (Wildman–Crippen MR) is 77.8 cm³/mol. The number of anilines is 1. The van der Waals surface area contributed by atoms with Crippen LogP contribution in [0.1, 0.15) is 16.8 Å². The normalized spacial score (nSPS) is 10.1. The van der Waals surface area contributed by atoms with E-state index >= 15 is 0 Å². The van der Waals surface area contributed by atoms with Crippen LogP contribution in [0.25, 0.3) is 0 Å². The van der Waals surface area contributed by atoms with Crippen LogP contribution in [-0.2, 0) is 9.53 Å².